The van der Waals surface area contributed by atoms with E-state index in [9.17, 15) is 0 Å². The number of nitrogens with zero attached hydrogens (tertiary/aromatic N) is 2. The molecule has 0 fully saturated rings. The van der Waals surface area contributed by atoms with Gasteiger partial charge in [0.2, 0.25) is 0 Å². The summed E-state index contributed by atoms with van der Waals surface area (Å²) in [5.41, 5.74) is 0. The van der Waals surface area contributed by atoms with E-state index in [0.717, 1.165) is 10.6 Å². The molecule has 0 saturated heterocycles. The molecule has 0 aliphatic heterocycles. The minimum atomic E-state index is 0.507. The first-order chi connectivity index (χ1) is 6.70. The van der Waals surface area contributed by atoms with Crippen molar-refractivity contribution < 1.29 is 0 Å². The molecule has 2 nitrogen and oxygen atoms in total. The van der Waals surface area contributed by atoms with Crippen LogP contribution >= 0.6 is 0 Å². The van der Waals surface area contributed by atoms with Crippen LogP contribution in [0, 0.1) is 0 Å². The monoisotopic (exact) mass is 192 g/mol. The molecule has 1 rings (SSSR count). The van der Waals surface area contributed by atoms with Gasteiger partial charge in [0, 0.05) is 5.22 Å². The highest BCUT2D eigenvalue weighted by Crippen LogP contribution is 2.16. The Morgan fingerprint density at radius 2 is 1.86 bits per heavy atom. The van der Waals surface area contributed by atoms with Gasteiger partial charge in [-0.15, -0.1) is 0 Å². The lowest BCUT2D eigenvalue weighted by Gasteiger charge is -2.16. The van der Waals surface area contributed by atoms with E-state index in [1.165, 1.54) is 25.7 Å². The van der Waals surface area contributed by atoms with Crippen LogP contribution in [-0.2, 0) is 0 Å². The molecule has 0 atom stereocenters. The highest BCUT2D eigenvalue weighted by atomic mass is 15.3. The van der Waals surface area contributed by atoms with Gasteiger partial charge in [0.25, 0.3) is 0 Å². The number of hydrogen-bond donors (Lipinski definition) is 0. The summed E-state index contributed by atoms with van der Waals surface area (Å²) in [5.74, 6) is 0. The first kappa shape index (κ1) is 11.0. The van der Waals surface area contributed by atoms with Gasteiger partial charge in [-0.05, 0) is 12.8 Å². The maximum Gasteiger partial charge on any atom is 0.0607 e. The van der Waals surface area contributed by atoms with Gasteiger partial charge in [0.1, 0.15) is 0 Å². The Hall–Kier alpha value is -1.05. The molecule has 1 heterocycles. The van der Waals surface area contributed by atoms with Crippen LogP contribution in [0.2, 0.25) is 0 Å². The summed E-state index contributed by atoms with van der Waals surface area (Å²) in [6, 6.07) is 0.507. The molecule has 0 aromatic carbocycles. The molecular weight excluding hydrogens is 172 g/mol. The lowest BCUT2D eigenvalue weighted by molar-refractivity contribution is 0.384. The molecule has 0 aliphatic carbocycles. The van der Waals surface area contributed by atoms with Gasteiger partial charge in [-0.3, -0.25) is 4.68 Å². The summed E-state index contributed by atoms with van der Waals surface area (Å²) < 4.78 is 2.04. The van der Waals surface area contributed by atoms with Crippen molar-refractivity contribution in [3.05, 3.63) is 16.8 Å². The molecule has 0 N–H and O–H groups in total. The highest BCUT2D eigenvalue weighted by Gasteiger charge is 2.09. The van der Waals surface area contributed by atoms with Crippen molar-refractivity contribution in [2.75, 3.05) is 0 Å². The Balaban J connectivity index is 2.92. The molecule has 0 aliphatic rings. The van der Waals surface area contributed by atoms with Crippen molar-refractivity contribution in [2.24, 2.45) is 0 Å². The zero-order chi connectivity index (χ0) is 10.6. The molecule has 14 heavy (non-hydrogen) atoms. The van der Waals surface area contributed by atoms with Crippen molar-refractivity contribution in [1.29, 1.82) is 0 Å². The lowest BCUT2D eigenvalue weighted by Crippen LogP contribution is -2.29. The fraction of sp³-hybridized carbons (Fsp3) is 0.583. The van der Waals surface area contributed by atoms with E-state index in [-0.39, 0.29) is 0 Å². The van der Waals surface area contributed by atoms with Crippen LogP contribution < -0.4 is 10.6 Å². The van der Waals surface area contributed by atoms with Crippen LogP contribution in [0.5, 0.6) is 0 Å². The van der Waals surface area contributed by atoms with Crippen LogP contribution in [0.15, 0.2) is 6.20 Å². The van der Waals surface area contributed by atoms with Crippen LogP contribution in [0.25, 0.3) is 13.2 Å². The second-order valence-corrected chi connectivity index (χ2v) is 3.79. The Bertz CT molecular complexity index is 358. The van der Waals surface area contributed by atoms with Gasteiger partial charge >= 0.3 is 0 Å². The second-order valence-electron chi connectivity index (χ2n) is 3.79. The van der Waals surface area contributed by atoms with E-state index in [0.29, 0.717) is 6.04 Å². The van der Waals surface area contributed by atoms with Gasteiger partial charge in [0.05, 0.1) is 17.6 Å². The number of aromatic nitrogens is 2. The normalized spacial score (nSPS) is 11.1. The fourth-order valence-electron chi connectivity index (χ4n) is 1.79. The summed E-state index contributed by atoms with van der Waals surface area (Å²) in [6.45, 7) is 12.3. The third-order valence-electron chi connectivity index (χ3n) is 2.57. The third-order valence-corrected chi connectivity index (χ3v) is 2.57. The minimum Gasteiger partial charge on any atom is -0.262 e. The summed E-state index contributed by atoms with van der Waals surface area (Å²) in [5, 5.41) is 6.26. The molecule has 78 valence electrons. The first-order valence-corrected chi connectivity index (χ1v) is 5.42. The van der Waals surface area contributed by atoms with Crippen LogP contribution in [-0.4, -0.2) is 9.78 Å². The van der Waals surface area contributed by atoms with Crippen molar-refractivity contribution in [1.82, 2.24) is 9.78 Å². The Kier molecular flexibility index (Phi) is 3.93. The van der Waals surface area contributed by atoms with Gasteiger partial charge < -0.3 is 0 Å². The van der Waals surface area contributed by atoms with Crippen LogP contribution in [0.4, 0.5) is 0 Å². The maximum atomic E-state index is 4.34. The van der Waals surface area contributed by atoms with Gasteiger partial charge in [-0.1, -0.05) is 39.8 Å². The molecule has 0 amide bonds. The molecule has 0 saturated carbocycles. The highest BCUT2D eigenvalue weighted by molar-refractivity contribution is 5.07. The van der Waals surface area contributed by atoms with E-state index in [1.807, 2.05) is 4.68 Å². The number of hydrogen-bond acceptors (Lipinski definition) is 1. The zero-order valence-electron chi connectivity index (χ0n) is 9.29. The summed E-state index contributed by atoms with van der Waals surface area (Å²) in [4.78, 5) is 0. The van der Waals surface area contributed by atoms with Crippen LogP contribution in [0.3, 0.4) is 0 Å². The minimum absolute atomic E-state index is 0.507. The molecule has 0 bridgehead atoms. The second kappa shape index (κ2) is 4.99. The van der Waals surface area contributed by atoms with E-state index in [1.54, 1.807) is 6.20 Å². The topological polar surface area (TPSA) is 17.8 Å². The Morgan fingerprint density at radius 3 is 2.21 bits per heavy atom. The van der Waals surface area contributed by atoms with E-state index in [2.05, 4.69) is 32.1 Å². The maximum absolute atomic E-state index is 4.34. The van der Waals surface area contributed by atoms with Crippen molar-refractivity contribution >= 4 is 13.2 Å². The fourth-order valence-corrected chi connectivity index (χ4v) is 1.79. The van der Waals surface area contributed by atoms with Gasteiger partial charge in [-0.2, -0.15) is 5.10 Å². The summed E-state index contributed by atoms with van der Waals surface area (Å²) in [7, 11) is 0. The Morgan fingerprint density at radius 1 is 1.29 bits per heavy atom. The molecular formula is C12H20N2. The van der Waals surface area contributed by atoms with Crippen LogP contribution in [0.1, 0.15) is 45.6 Å². The predicted molar refractivity (Wildman–Crippen MR) is 61.4 cm³/mol. The molecule has 0 unspecified atom stereocenters. The Labute approximate surface area is 85.9 Å². The van der Waals surface area contributed by atoms with E-state index < -0.39 is 0 Å². The zero-order valence-corrected chi connectivity index (χ0v) is 9.29. The third kappa shape index (κ3) is 2.25. The van der Waals surface area contributed by atoms with Gasteiger partial charge in [0.15, 0.2) is 0 Å². The predicted octanol–water partition coefficient (Wildman–Crippen LogP) is 1.84. The molecule has 1 aromatic heterocycles. The van der Waals surface area contributed by atoms with Crippen molar-refractivity contribution in [3.63, 3.8) is 0 Å². The molecule has 0 spiro atoms. The number of rotatable bonds is 5. The smallest absolute Gasteiger partial charge is 0.0607 e. The SMILES string of the molecule is C=c1cnn(C(CCC)CCC)c1=C. The molecule has 0 radical (unpaired) electrons. The standard InChI is InChI=1S/C12H20N2/c1-5-7-12(8-6-2)14-11(4)10(3)9-13-14/h9,12H,3-8H2,1-2H3. The summed E-state index contributed by atoms with van der Waals surface area (Å²) >= 11 is 0. The van der Waals surface area contributed by atoms with Gasteiger partial charge in [-0.25, -0.2) is 0 Å². The van der Waals surface area contributed by atoms with Crippen molar-refractivity contribution in [2.45, 2.75) is 45.6 Å². The molecule has 2 heteroatoms. The van der Waals surface area contributed by atoms with E-state index in [4.69, 9.17) is 0 Å². The first-order valence-electron chi connectivity index (χ1n) is 5.42. The van der Waals surface area contributed by atoms with Crippen molar-refractivity contribution in [3.8, 4) is 0 Å². The van der Waals surface area contributed by atoms with E-state index >= 15 is 0 Å². The average Bonchev–Trinajstić information content (AvgIpc) is 2.48. The molecule has 1 aromatic rings. The average molecular weight is 192 g/mol. The summed E-state index contributed by atoms with van der Waals surface area (Å²) in [6.07, 6.45) is 6.54. The quantitative estimate of drug-likeness (QED) is 0.696. The lowest BCUT2D eigenvalue weighted by atomic mass is 10.1. The largest absolute Gasteiger partial charge is 0.262 e.